The Hall–Kier alpha value is -2.28. The van der Waals surface area contributed by atoms with Crippen LogP contribution >= 0.6 is 0 Å². The SMILES string of the molecule is Cc1cc[n+](CCC(=O)N2CCC(c3nc4ccc(F)cc4[nH]3)CC2)cc1.[Br-]. The number of H-pyrrole nitrogens is 1. The first-order chi connectivity index (χ1) is 13.1. The third-order valence-electron chi connectivity index (χ3n) is 5.34. The molecule has 1 aliphatic rings. The maximum atomic E-state index is 13.3. The minimum absolute atomic E-state index is 0. The number of benzene rings is 1. The van der Waals surface area contributed by atoms with Crippen molar-refractivity contribution in [2.75, 3.05) is 13.1 Å². The lowest BCUT2D eigenvalue weighted by atomic mass is 9.96. The number of nitrogens with zero attached hydrogens (tertiary/aromatic N) is 3. The van der Waals surface area contributed by atoms with E-state index in [0.717, 1.165) is 42.8 Å². The zero-order valence-corrected chi connectivity index (χ0v) is 17.5. The first-order valence-corrected chi connectivity index (χ1v) is 9.47. The summed E-state index contributed by atoms with van der Waals surface area (Å²) in [7, 11) is 0. The Morgan fingerprint density at radius 1 is 1.25 bits per heavy atom. The molecule has 0 radical (unpaired) electrons. The summed E-state index contributed by atoms with van der Waals surface area (Å²) in [6.45, 7) is 4.24. The van der Waals surface area contributed by atoms with Crippen molar-refractivity contribution in [2.24, 2.45) is 0 Å². The second-order valence-corrected chi connectivity index (χ2v) is 7.30. The Bertz CT molecular complexity index is 949. The van der Waals surface area contributed by atoms with Crippen LogP contribution < -0.4 is 21.5 Å². The van der Waals surface area contributed by atoms with Gasteiger partial charge in [0.15, 0.2) is 18.9 Å². The Morgan fingerprint density at radius 3 is 2.68 bits per heavy atom. The maximum absolute atomic E-state index is 13.3. The molecule has 0 bridgehead atoms. The van der Waals surface area contributed by atoms with Crippen molar-refractivity contribution in [3.63, 3.8) is 0 Å². The number of carbonyl (C=O) groups is 1. The van der Waals surface area contributed by atoms with Crippen molar-refractivity contribution in [3.8, 4) is 0 Å². The Labute approximate surface area is 174 Å². The number of pyridine rings is 1. The number of piperidine rings is 1. The molecule has 148 valence electrons. The van der Waals surface area contributed by atoms with Crippen molar-refractivity contribution < 1.29 is 30.7 Å². The molecule has 1 saturated heterocycles. The van der Waals surface area contributed by atoms with Crippen molar-refractivity contribution in [1.29, 1.82) is 0 Å². The lowest BCUT2D eigenvalue weighted by Crippen LogP contribution is -3.00. The molecule has 1 N–H and O–H groups in total. The van der Waals surface area contributed by atoms with E-state index in [9.17, 15) is 9.18 Å². The normalized spacial score (nSPS) is 14.9. The average Bonchev–Trinajstić information content (AvgIpc) is 3.10. The summed E-state index contributed by atoms with van der Waals surface area (Å²) in [4.78, 5) is 22.3. The van der Waals surface area contributed by atoms with Gasteiger partial charge in [0, 0.05) is 31.1 Å². The molecule has 2 aromatic heterocycles. The van der Waals surface area contributed by atoms with Crippen LogP contribution in [0.4, 0.5) is 4.39 Å². The third-order valence-corrected chi connectivity index (χ3v) is 5.34. The number of fused-ring (bicyclic) bond motifs is 1. The molecule has 0 unspecified atom stereocenters. The van der Waals surface area contributed by atoms with Gasteiger partial charge in [-0.15, -0.1) is 0 Å². The second-order valence-electron chi connectivity index (χ2n) is 7.30. The fraction of sp³-hybridized carbons (Fsp3) is 0.381. The number of imidazole rings is 1. The van der Waals surface area contributed by atoms with E-state index in [1.54, 1.807) is 6.07 Å². The number of aromatic nitrogens is 3. The number of aromatic amines is 1. The van der Waals surface area contributed by atoms with Crippen LogP contribution in [0.25, 0.3) is 11.0 Å². The average molecular weight is 447 g/mol. The number of likely N-dealkylation sites (tertiary alicyclic amines) is 1. The van der Waals surface area contributed by atoms with Gasteiger partial charge in [-0.05, 0) is 43.5 Å². The van der Waals surface area contributed by atoms with Crippen LogP contribution in [-0.4, -0.2) is 33.9 Å². The minimum atomic E-state index is -0.260. The van der Waals surface area contributed by atoms with Gasteiger partial charge in [-0.2, -0.15) is 0 Å². The van der Waals surface area contributed by atoms with Crippen LogP contribution in [-0.2, 0) is 11.3 Å². The molecular formula is C21H24BrFN4O. The van der Waals surface area contributed by atoms with Gasteiger partial charge in [0.1, 0.15) is 11.6 Å². The molecule has 7 heteroatoms. The topological polar surface area (TPSA) is 52.9 Å². The molecule has 1 aliphatic heterocycles. The number of rotatable bonds is 4. The number of amides is 1. The van der Waals surface area contributed by atoms with Crippen molar-refractivity contribution in [1.82, 2.24) is 14.9 Å². The van der Waals surface area contributed by atoms with Gasteiger partial charge < -0.3 is 26.9 Å². The van der Waals surface area contributed by atoms with E-state index in [1.165, 1.54) is 17.7 Å². The minimum Gasteiger partial charge on any atom is -1.00 e. The Kier molecular flexibility index (Phi) is 6.44. The molecule has 28 heavy (non-hydrogen) atoms. The molecule has 1 fully saturated rings. The van der Waals surface area contributed by atoms with E-state index < -0.39 is 0 Å². The first kappa shape index (κ1) is 20.5. The van der Waals surface area contributed by atoms with Crippen LogP contribution in [0.1, 0.15) is 36.6 Å². The highest BCUT2D eigenvalue weighted by Crippen LogP contribution is 2.28. The maximum Gasteiger partial charge on any atom is 0.228 e. The highest BCUT2D eigenvalue weighted by atomic mass is 79.9. The van der Waals surface area contributed by atoms with Crippen molar-refractivity contribution >= 4 is 16.9 Å². The predicted octanol–water partition coefficient (Wildman–Crippen LogP) is 0.0982. The van der Waals surface area contributed by atoms with E-state index >= 15 is 0 Å². The highest BCUT2D eigenvalue weighted by molar-refractivity contribution is 5.76. The van der Waals surface area contributed by atoms with Crippen LogP contribution in [0.5, 0.6) is 0 Å². The Morgan fingerprint density at radius 2 is 1.96 bits per heavy atom. The molecule has 0 aliphatic carbocycles. The van der Waals surface area contributed by atoms with Gasteiger partial charge >= 0.3 is 0 Å². The molecule has 0 atom stereocenters. The van der Waals surface area contributed by atoms with Gasteiger partial charge in [0.25, 0.3) is 0 Å². The number of nitrogens with one attached hydrogen (secondary N) is 1. The standard InChI is InChI=1S/C21H24FN4O.BrH/c1-15-4-9-25(10-5-15)11-8-20(27)26-12-6-16(7-13-26)21-23-18-3-2-17(22)14-19(18)24-21;/h2-5,9-10,14,16H,6-8,11-13H2,1H3,(H,23,24);1H/q+1;/p-1. The second kappa shape index (κ2) is 8.82. The number of carbonyl (C=O) groups excluding carboxylic acids is 1. The molecule has 3 aromatic rings. The van der Waals surface area contributed by atoms with E-state index in [1.807, 2.05) is 21.9 Å². The number of hydrogen-bond donors (Lipinski definition) is 1. The summed E-state index contributed by atoms with van der Waals surface area (Å²) < 4.78 is 15.4. The summed E-state index contributed by atoms with van der Waals surface area (Å²) >= 11 is 0. The monoisotopic (exact) mass is 446 g/mol. The smallest absolute Gasteiger partial charge is 0.228 e. The highest BCUT2D eigenvalue weighted by Gasteiger charge is 2.26. The number of hydrogen-bond acceptors (Lipinski definition) is 2. The van der Waals surface area contributed by atoms with Crippen LogP contribution in [0.2, 0.25) is 0 Å². The van der Waals surface area contributed by atoms with E-state index in [4.69, 9.17) is 0 Å². The largest absolute Gasteiger partial charge is 1.00 e. The lowest BCUT2D eigenvalue weighted by molar-refractivity contribution is -0.696. The van der Waals surface area contributed by atoms with Gasteiger partial charge in [-0.3, -0.25) is 4.79 Å². The summed E-state index contributed by atoms with van der Waals surface area (Å²) in [5, 5.41) is 0. The molecule has 0 spiro atoms. The molecule has 5 nitrogen and oxygen atoms in total. The molecular weight excluding hydrogens is 423 g/mol. The van der Waals surface area contributed by atoms with Gasteiger partial charge in [-0.25, -0.2) is 13.9 Å². The number of halogens is 2. The first-order valence-electron chi connectivity index (χ1n) is 9.47. The van der Waals surface area contributed by atoms with Crippen LogP contribution in [0.15, 0.2) is 42.7 Å². The van der Waals surface area contributed by atoms with E-state index in [-0.39, 0.29) is 34.6 Å². The molecule has 0 saturated carbocycles. The zero-order valence-electron chi connectivity index (χ0n) is 15.9. The fourth-order valence-corrected chi connectivity index (χ4v) is 3.66. The Balaban J connectivity index is 0.00000225. The molecule has 1 aromatic carbocycles. The van der Waals surface area contributed by atoms with Crippen molar-refractivity contribution in [3.05, 3.63) is 59.9 Å². The molecule has 3 heterocycles. The van der Waals surface area contributed by atoms with Gasteiger partial charge in [-0.1, -0.05) is 0 Å². The van der Waals surface area contributed by atoms with E-state index in [2.05, 4.69) is 29.0 Å². The molecule has 1 amide bonds. The van der Waals surface area contributed by atoms with Gasteiger partial charge in [0.05, 0.1) is 17.5 Å². The summed E-state index contributed by atoms with van der Waals surface area (Å²) in [5.74, 6) is 1.13. The summed E-state index contributed by atoms with van der Waals surface area (Å²) in [5.41, 5.74) is 2.74. The van der Waals surface area contributed by atoms with Crippen LogP contribution in [0.3, 0.4) is 0 Å². The van der Waals surface area contributed by atoms with Crippen LogP contribution in [0, 0.1) is 12.7 Å². The molecule has 4 rings (SSSR count). The quantitative estimate of drug-likeness (QED) is 0.577. The number of aryl methyl sites for hydroxylation is 2. The lowest BCUT2D eigenvalue weighted by Gasteiger charge is -2.31. The summed E-state index contributed by atoms with van der Waals surface area (Å²) in [6.07, 6.45) is 6.30. The third kappa shape index (κ3) is 4.58. The van der Waals surface area contributed by atoms with E-state index in [0.29, 0.717) is 13.0 Å². The summed E-state index contributed by atoms with van der Waals surface area (Å²) in [6, 6.07) is 8.71. The van der Waals surface area contributed by atoms with Crippen molar-refractivity contribution in [2.45, 2.75) is 38.6 Å². The van der Waals surface area contributed by atoms with Gasteiger partial charge in [0.2, 0.25) is 5.91 Å². The predicted molar refractivity (Wildman–Crippen MR) is 101 cm³/mol. The zero-order chi connectivity index (χ0) is 18.8. The fourth-order valence-electron chi connectivity index (χ4n) is 3.66.